The van der Waals surface area contributed by atoms with Crippen molar-refractivity contribution in [2.24, 2.45) is 21.1 Å². The summed E-state index contributed by atoms with van der Waals surface area (Å²) in [5.41, 5.74) is 1.92. The molecule has 2 aliphatic rings. The molecule has 0 radical (unpaired) electrons. The number of furan rings is 1. The van der Waals surface area contributed by atoms with E-state index in [1.807, 2.05) is 28.8 Å². The molecule has 1 aliphatic carbocycles. The van der Waals surface area contributed by atoms with Gasteiger partial charge in [-0.05, 0) is 30.0 Å². The van der Waals surface area contributed by atoms with Crippen molar-refractivity contribution < 1.29 is 19.2 Å². The number of para-hydroxylation sites is 1. The third kappa shape index (κ3) is 3.57. The van der Waals surface area contributed by atoms with Gasteiger partial charge in [-0.15, -0.1) is 10.2 Å². The van der Waals surface area contributed by atoms with Crippen molar-refractivity contribution in [3.8, 4) is 5.88 Å². The van der Waals surface area contributed by atoms with E-state index in [4.69, 9.17) is 4.42 Å². The largest absolute Gasteiger partial charge is 0.493 e. The molecule has 3 atom stereocenters. The number of azo groups is 1. The summed E-state index contributed by atoms with van der Waals surface area (Å²) in [6.45, 7) is 8.92. The van der Waals surface area contributed by atoms with Gasteiger partial charge in [0, 0.05) is 23.6 Å². The van der Waals surface area contributed by atoms with E-state index >= 15 is 0 Å². The summed E-state index contributed by atoms with van der Waals surface area (Å²) < 4.78 is 7.01. The van der Waals surface area contributed by atoms with Crippen molar-refractivity contribution in [2.75, 3.05) is 6.54 Å². The van der Waals surface area contributed by atoms with E-state index in [0.29, 0.717) is 29.2 Å². The highest BCUT2D eigenvalue weighted by molar-refractivity contribution is 5.96. The van der Waals surface area contributed by atoms with Gasteiger partial charge >= 0.3 is 5.91 Å². The first-order valence-corrected chi connectivity index (χ1v) is 10.9. The highest BCUT2D eigenvalue weighted by atomic mass is 16.3. The first-order valence-electron chi connectivity index (χ1n) is 10.9. The number of nitrogens with zero attached hydrogens (tertiary/aromatic N) is 3. The number of fused-ring (bicyclic) bond motifs is 3. The van der Waals surface area contributed by atoms with Crippen molar-refractivity contribution in [3.05, 3.63) is 48.4 Å². The molecule has 2 N–H and O–H groups in total. The number of likely N-dealkylation sites (tertiary alicyclic amines) is 1. The Morgan fingerprint density at radius 3 is 2.81 bits per heavy atom. The Balaban J connectivity index is 1.48. The number of carbonyl (C=O) groups excluding carboxylic acids is 1. The maximum atomic E-state index is 12.2. The minimum absolute atomic E-state index is 0.0514. The number of amides is 1. The molecule has 3 aromatic rings. The van der Waals surface area contributed by atoms with Crippen LogP contribution in [0.3, 0.4) is 0 Å². The molecule has 0 spiro atoms. The van der Waals surface area contributed by atoms with E-state index in [0.717, 1.165) is 17.4 Å². The van der Waals surface area contributed by atoms with Crippen molar-refractivity contribution in [1.29, 1.82) is 0 Å². The van der Waals surface area contributed by atoms with Crippen LogP contribution in [0.25, 0.3) is 10.9 Å². The molecule has 1 unspecified atom stereocenters. The van der Waals surface area contributed by atoms with Crippen molar-refractivity contribution in [1.82, 2.24) is 4.57 Å². The maximum absolute atomic E-state index is 12.2. The van der Waals surface area contributed by atoms with Crippen LogP contribution in [0.1, 0.15) is 50.6 Å². The zero-order chi connectivity index (χ0) is 21.8. The summed E-state index contributed by atoms with van der Waals surface area (Å²) in [5.74, 6) is -0.400. The van der Waals surface area contributed by atoms with Gasteiger partial charge in [-0.25, -0.2) is 0 Å². The molecule has 7 heteroatoms. The average molecular weight is 422 g/mol. The first kappa shape index (κ1) is 20.0. The van der Waals surface area contributed by atoms with E-state index < -0.39 is 5.91 Å². The molecular weight excluding hydrogens is 392 g/mol. The van der Waals surface area contributed by atoms with Crippen LogP contribution >= 0.6 is 0 Å². The van der Waals surface area contributed by atoms with Crippen molar-refractivity contribution >= 4 is 22.5 Å². The van der Waals surface area contributed by atoms with Crippen LogP contribution in [0.15, 0.2) is 57.3 Å². The molecule has 2 bridgehead atoms. The smallest absolute Gasteiger partial charge is 0.331 e. The molecule has 31 heavy (non-hydrogen) atoms. The number of benzene rings is 1. The third-order valence-electron chi connectivity index (χ3n) is 6.93. The molecule has 5 rings (SSSR count). The van der Waals surface area contributed by atoms with Gasteiger partial charge in [0.2, 0.25) is 5.88 Å². The fourth-order valence-corrected chi connectivity index (χ4v) is 6.21. The number of quaternary nitrogens is 1. The van der Waals surface area contributed by atoms with E-state index in [2.05, 4.69) is 31.0 Å². The number of nitrogens with one attached hydrogen (secondary N) is 1. The Morgan fingerprint density at radius 2 is 2.03 bits per heavy atom. The van der Waals surface area contributed by atoms with Crippen LogP contribution in [0.4, 0.5) is 5.69 Å². The van der Waals surface area contributed by atoms with Crippen LogP contribution in [0.5, 0.6) is 5.88 Å². The molecule has 2 aromatic heterocycles. The first-order chi connectivity index (χ1) is 14.7. The monoisotopic (exact) mass is 421 g/mol. The predicted molar refractivity (Wildman–Crippen MR) is 117 cm³/mol. The molecule has 1 aliphatic heterocycles. The minimum Gasteiger partial charge on any atom is -0.493 e. The lowest BCUT2D eigenvalue weighted by molar-refractivity contribution is -0.936. The fourth-order valence-electron chi connectivity index (χ4n) is 6.21. The minimum atomic E-state index is -0.574. The molecule has 2 fully saturated rings. The van der Waals surface area contributed by atoms with Gasteiger partial charge in [0.25, 0.3) is 0 Å². The lowest BCUT2D eigenvalue weighted by atomic mass is 9.65. The highest BCUT2D eigenvalue weighted by Crippen LogP contribution is 2.47. The lowest BCUT2D eigenvalue weighted by Gasteiger charge is -2.37. The molecular formula is C24H29N4O3+. The van der Waals surface area contributed by atoms with Crippen molar-refractivity contribution in [2.45, 2.75) is 52.7 Å². The Labute approximate surface area is 181 Å². The Hall–Kier alpha value is -2.93. The lowest BCUT2D eigenvalue weighted by Crippen LogP contribution is -3.13. The van der Waals surface area contributed by atoms with Gasteiger partial charge < -0.3 is 14.4 Å². The summed E-state index contributed by atoms with van der Waals surface area (Å²) in [6.07, 6.45) is 5.09. The summed E-state index contributed by atoms with van der Waals surface area (Å²) >= 11 is 0. The van der Waals surface area contributed by atoms with E-state index in [1.54, 1.807) is 12.1 Å². The topological polar surface area (TPSA) is 84.5 Å². The van der Waals surface area contributed by atoms with Gasteiger partial charge in [-0.1, -0.05) is 39.0 Å². The van der Waals surface area contributed by atoms with E-state index in [1.165, 1.54) is 30.4 Å². The Morgan fingerprint density at radius 1 is 1.23 bits per heavy atom. The van der Waals surface area contributed by atoms with Crippen molar-refractivity contribution in [3.63, 3.8) is 0 Å². The zero-order valence-electron chi connectivity index (χ0n) is 18.3. The standard InChI is InChI=1S/C24H28N4O3/c1-23(2)11-16-12-24(3,13-23)14-27(16)15-28-18-8-5-4-7-17(18)20(22(28)30)25-26-21(29)19-9-6-10-31-19/h4-10,16,30H,11-15H2,1-3H3/p+1/t16-,24-/m1/s1. The van der Waals surface area contributed by atoms with Gasteiger partial charge in [-0.3, -0.25) is 9.36 Å². The van der Waals surface area contributed by atoms with E-state index in [-0.39, 0.29) is 11.6 Å². The number of hydrogen-bond donors (Lipinski definition) is 2. The Kier molecular flexibility index (Phi) is 4.55. The zero-order valence-corrected chi connectivity index (χ0v) is 18.3. The van der Waals surface area contributed by atoms with Crippen LogP contribution < -0.4 is 4.90 Å². The predicted octanol–water partition coefficient (Wildman–Crippen LogP) is 4.31. The second-order valence-corrected chi connectivity index (χ2v) is 10.3. The summed E-state index contributed by atoms with van der Waals surface area (Å²) in [5, 5.41) is 19.8. The number of carbonyl (C=O) groups is 1. The SMILES string of the molecule is CC1(C)C[C@@H]2C[C@@](C)(C[NH+]2Cn2c(O)c(N=NC(=O)c3ccco3)c3ccccc32)C1. The Bertz CT molecular complexity index is 1160. The molecule has 1 amide bonds. The maximum Gasteiger partial charge on any atom is 0.331 e. The second-order valence-electron chi connectivity index (χ2n) is 10.3. The molecule has 162 valence electrons. The van der Waals surface area contributed by atoms with Crippen LogP contribution in [-0.2, 0) is 6.67 Å². The van der Waals surface area contributed by atoms with Crippen LogP contribution in [-0.4, -0.2) is 28.2 Å². The van der Waals surface area contributed by atoms with Gasteiger partial charge in [0.15, 0.2) is 18.1 Å². The number of rotatable bonds is 4. The van der Waals surface area contributed by atoms with Gasteiger partial charge in [0.05, 0.1) is 24.4 Å². The molecule has 1 aromatic carbocycles. The summed E-state index contributed by atoms with van der Waals surface area (Å²) in [7, 11) is 0. The second kappa shape index (κ2) is 7.05. The van der Waals surface area contributed by atoms with Crippen LogP contribution in [0.2, 0.25) is 0 Å². The fraction of sp³-hybridized carbons (Fsp3) is 0.458. The normalized spacial score (nSPS) is 27.3. The molecule has 7 nitrogen and oxygen atoms in total. The van der Waals surface area contributed by atoms with Crippen LogP contribution in [0, 0.1) is 10.8 Å². The van der Waals surface area contributed by atoms with Gasteiger partial charge in [0.1, 0.15) is 0 Å². The molecule has 1 saturated carbocycles. The third-order valence-corrected chi connectivity index (χ3v) is 6.93. The summed E-state index contributed by atoms with van der Waals surface area (Å²) in [4.78, 5) is 13.7. The summed E-state index contributed by atoms with van der Waals surface area (Å²) in [6, 6.07) is 11.5. The van der Waals surface area contributed by atoms with Gasteiger partial charge in [-0.2, -0.15) is 0 Å². The average Bonchev–Trinajstić information content (AvgIpc) is 3.37. The van der Waals surface area contributed by atoms with E-state index in [9.17, 15) is 9.90 Å². The quantitative estimate of drug-likeness (QED) is 0.616. The number of hydrogen-bond acceptors (Lipinski definition) is 4. The molecule has 3 heterocycles. The molecule has 1 saturated heterocycles. The number of aromatic hydroxyl groups is 1. The highest BCUT2D eigenvalue weighted by Gasteiger charge is 2.52. The number of aromatic nitrogens is 1.